The van der Waals surface area contributed by atoms with Crippen molar-refractivity contribution in [3.63, 3.8) is 0 Å². The first-order valence-electron chi connectivity index (χ1n) is 8.44. The second-order valence-corrected chi connectivity index (χ2v) is 6.31. The van der Waals surface area contributed by atoms with Crippen LogP contribution in [0.3, 0.4) is 0 Å². The summed E-state index contributed by atoms with van der Waals surface area (Å²) in [5.74, 6) is 0.916. The lowest BCUT2D eigenvalue weighted by atomic mass is 9.98. The van der Waals surface area contributed by atoms with Gasteiger partial charge in [0, 0.05) is 42.3 Å². The van der Waals surface area contributed by atoms with Crippen LogP contribution in [0.2, 0.25) is 0 Å². The minimum Gasteiger partial charge on any atom is -0.497 e. The highest BCUT2D eigenvalue weighted by molar-refractivity contribution is 5.92. The standard InChI is InChI=1S/C21H22N2O/c1-24-18-8-6-16(7-9-18)15-23-12-10-17(11-13-23)20-14-22-21-5-3-2-4-19(20)21/h2-10,14,22H,11-13,15H2,1H3. The van der Waals surface area contributed by atoms with Crippen LogP contribution in [0.4, 0.5) is 0 Å². The van der Waals surface area contributed by atoms with Gasteiger partial charge in [-0.05, 0) is 35.8 Å². The Bertz CT molecular complexity index is 861. The molecule has 0 unspecified atom stereocenters. The van der Waals surface area contributed by atoms with E-state index in [1.54, 1.807) is 7.11 Å². The first-order valence-corrected chi connectivity index (χ1v) is 8.44. The van der Waals surface area contributed by atoms with Crippen molar-refractivity contribution in [3.05, 3.63) is 71.9 Å². The van der Waals surface area contributed by atoms with Crippen molar-refractivity contribution in [2.45, 2.75) is 13.0 Å². The van der Waals surface area contributed by atoms with E-state index in [0.717, 1.165) is 31.8 Å². The third-order valence-electron chi connectivity index (χ3n) is 4.79. The van der Waals surface area contributed by atoms with Gasteiger partial charge in [-0.15, -0.1) is 0 Å². The van der Waals surface area contributed by atoms with Crippen LogP contribution in [0.1, 0.15) is 17.5 Å². The smallest absolute Gasteiger partial charge is 0.118 e. The molecule has 0 fully saturated rings. The van der Waals surface area contributed by atoms with Gasteiger partial charge in [0.1, 0.15) is 5.75 Å². The fraction of sp³-hybridized carbons (Fsp3) is 0.238. The van der Waals surface area contributed by atoms with Crippen LogP contribution in [-0.2, 0) is 6.54 Å². The third-order valence-corrected chi connectivity index (χ3v) is 4.79. The summed E-state index contributed by atoms with van der Waals surface area (Å²) < 4.78 is 5.22. The van der Waals surface area contributed by atoms with E-state index >= 15 is 0 Å². The van der Waals surface area contributed by atoms with Crippen LogP contribution < -0.4 is 4.74 Å². The van der Waals surface area contributed by atoms with E-state index < -0.39 is 0 Å². The third kappa shape index (κ3) is 2.95. The predicted octanol–water partition coefficient (Wildman–Crippen LogP) is 4.47. The van der Waals surface area contributed by atoms with E-state index in [0.29, 0.717) is 0 Å². The normalized spacial score (nSPS) is 15.5. The molecule has 0 saturated carbocycles. The van der Waals surface area contributed by atoms with Gasteiger partial charge in [-0.2, -0.15) is 0 Å². The number of nitrogens with one attached hydrogen (secondary N) is 1. The summed E-state index contributed by atoms with van der Waals surface area (Å²) in [7, 11) is 1.71. The van der Waals surface area contributed by atoms with Crippen molar-refractivity contribution in [2.24, 2.45) is 0 Å². The minimum absolute atomic E-state index is 0.916. The van der Waals surface area contributed by atoms with Gasteiger partial charge >= 0.3 is 0 Å². The maximum Gasteiger partial charge on any atom is 0.118 e. The maximum atomic E-state index is 5.22. The van der Waals surface area contributed by atoms with Crippen LogP contribution in [0.25, 0.3) is 16.5 Å². The molecule has 1 aliphatic rings. The molecule has 3 heteroatoms. The van der Waals surface area contributed by atoms with E-state index in [1.165, 1.54) is 27.6 Å². The molecule has 0 aliphatic carbocycles. The lowest BCUT2D eigenvalue weighted by molar-refractivity contribution is 0.294. The molecule has 24 heavy (non-hydrogen) atoms. The molecule has 0 radical (unpaired) electrons. The fourth-order valence-corrected chi connectivity index (χ4v) is 3.43. The van der Waals surface area contributed by atoms with E-state index in [2.05, 4.69) is 58.6 Å². The Morgan fingerprint density at radius 1 is 1.08 bits per heavy atom. The molecule has 1 aromatic heterocycles. The number of para-hydroxylation sites is 1. The van der Waals surface area contributed by atoms with Crippen molar-refractivity contribution in [1.82, 2.24) is 9.88 Å². The van der Waals surface area contributed by atoms with Crippen LogP contribution >= 0.6 is 0 Å². The highest BCUT2D eigenvalue weighted by Gasteiger charge is 2.15. The molecule has 3 nitrogen and oxygen atoms in total. The molecule has 0 saturated heterocycles. The van der Waals surface area contributed by atoms with Crippen molar-refractivity contribution < 1.29 is 4.74 Å². The molecule has 2 heterocycles. The Kier molecular flexibility index (Phi) is 4.09. The number of ether oxygens (including phenoxy) is 1. The lowest BCUT2D eigenvalue weighted by Gasteiger charge is -2.26. The molecular formula is C21H22N2O. The SMILES string of the molecule is COc1ccc(CN2CC=C(c3c[nH]c4ccccc34)CC2)cc1. The van der Waals surface area contributed by atoms with Gasteiger partial charge in [0.05, 0.1) is 7.11 Å². The Balaban J connectivity index is 1.46. The predicted molar refractivity (Wildman–Crippen MR) is 99.2 cm³/mol. The Morgan fingerprint density at radius 3 is 2.67 bits per heavy atom. The lowest BCUT2D eigenvalue weighted by Crippen LogP contribution is -2.27. The average molecular weight is 318 g/mol. The van der Waals surface area contributed by atoms with Crippen molar-refractivity contribution >= 4 is 16.5 Å². The first-order chi connectivity index (χ1) is 11.8. The molecule has 122 valence electrons. The Hall–Kier alpha value is -2.52. The number of aromatic amines is 1. The van der Waals surface area contributed by atoms with Gasteiger partial charge in [0.15, 0.2) is 0 Å². The van der Waals surface area contributed by atoms with Crippen LogP contribution in [0.15, 0.2) is 60.8 Å². The second kappa shape index (κ2) is 6.54. The number of fused-ring (bicyclic) bond motifs is 1. The number of aromatic nitrogens is 1. The zero-order chi connectivity index (χ0) is 16.4. The molecule has 0 amide bonds. The summed E-state index contributed by atoms with van der Waals surface area (Å²) in [4.78, 5) is 5.87. The van der Waals surface area contributed by atoms with Crippen LogP contribution in [-0.4, -0.2) is 30.1 Å². The van der Waals surface area contributed by atoms with Gasteiger partial charge in [-0.25, -0.2) is 0 Å². The molecule has 1 N–H and O–H groups in total. The van der Waals surface area contributed by atoms with E-state index in [9.17, 15) is 0 Å². The quantitative estimate of drug-likeness (QED) is 0.769. The van der Waals surface area contributed by atoms with Crippen LogP contribution in [0, 0.1) is 0 Å². The number of nitrogens with zero attached hydrogens (tertiary/aromatic N) is 1. The summed E-state index contributed by atoms with van der Waals surface area (Å²) in [6, 6.07) is 16.9. The zero-order valence-corrected chi connectivity index (χ0v) is 14.0. The number of benzene rings is 2. The topological polar surface area (TPSA) is 28.3 Å². The largest absolute Gasteiger partial charge is 0.497 e. The Morgan fingerprint density at radius 2 is 1.92 bits per heavy atom. The van der Waals surface area contributed by atoms with Gasteiger partial charge in [0.2, 0.25) is 0 Å². The molecule has 0 bridgehead atoms. The Labute approximate surface area is 142 Å². The van der Waals surface area contributed by atoms with Gasteiger partial charge < -0.3 is 9.72 Å². The first kappa shape index (κ1) is 15.0. The van der Waals surface area contributed by atoms with E-state index in [-0.39, 0.29) is 0 Å². The number of rotatable bonds is 4. The average Bonchev–Trinajstić information content (AvgIpc) is 3.07. The van der Waals surface area contributed by atoms with Crippen LogP contribution in [0.5, 0.6) is 5.75 Å². The fourth-order valence-electron chi connectivity index (χ4n) is 3.43. The molecule has 1 aliphatic heterocycles. The number of hydrogen-bond acceptors (Lipinski definition) is 2. The van der Waals surface area contributed by atoms with E-state index in [4.69, 9.17) is 4.74 Å². The molecule has 0 atom stereocenters. The maximum absolute atomic E-state index is 5.22. The summed E-state index contributed by atoms with van der Waals surface area (Å²) in [5, 5.41) is 1.33. The summed E-state index contributed by atoms with van der Waals surface area (Å²) in [6.45, 7) is 3.08. The summed E-state index contributed by atoms with van der Waals surface area (Å²) in [5.41, 5.74) is 5.36. The van der Waals surface area contributed by atoms with Gasteiger partial charge in [-0.3, -0.25) is 4.90 Å². The molecular weight excluding hydrogens is 296 g/mol. The van der Waals surface area contributed by atoms with Crippen molar-refractivity contribution in [2.75, 3.05) is 20.2 Å². The number of hydrogen-bond donors (Lipinski definition) is 1. The minimum atomic E-state index is 0.916. The number of methoxy groups -OCH3 is 1. The highest BCUT2D eigenvalue weighted by atomic mass is 16.5. The van der Waals surface area contributed by atoms with Crippen molar-refractivity contribution in [3.8, 4) is 5.75 Å². The van der Waals surface area contributed by atoms with Gasteiger partial charge in [-0.1, -0.05) is 36.4 Å². The monoisotopic (exact) mass is 318 g/mol. The van der Waals surface area contributed by atoms with Crippen molar-refractivity contribution in [1.29, 1.82) is 0 Å². The highest BCUT2D eigenvalue weighted by Crippen LogP contribution is 2.29. The second-order valence-electron chi connectivity index (χ2n) is 6.31. The number of H-pyrrole nitrogens is 1. The zero-order valence-electron chi connectivity index (χ0n) is 14.0. The molecule has 2 aromatic carbocycles. The van der Waals surface area contributed by atoms with Gasteiger partial charge in [0.25, 0.3) is 0 Å². The van der Waals surface area contributed by atoms with E-state index in [1.807, 2.05) is 12.1 Å². The summed E-state index contributed by atoms with van der Waals surface area (Å²) >= 11 is 0. The molecule has 0 spiro atoms. The molecule has 4 rings (SSSR count). The molecule has 3 aromatic rings. The summed E-state index contributed by atoms with van der Waals surface area (Å²) in [6.07, 6.45) is 5.62.